The third-order valence-corrected chi connectivity index (χ3v) is 3.43. The Labute approximate surface area is 144 Å². The number of rotatable bonds is 5. The summed E-state index contributed by atoms with van der Waals surface area (Å²) in [5, 5.41) is 34.2. The van der Waals surface area contributed by atoms with Gasteiger partial charge in [0.25, 0.3) is 16.9 Å². The molecule has 0 aliphatic heterocycles. The molecule has 2 N–H and O–H groups in total. The fourth-order valence-electron chi connectivity index (χ4n) is 2.18. The first-order valence-electron chi connectivity index (χ1n) is 7.17. The molecule has 0 amide bonds. The molecule has 0 aliphatic rings. The number of nitro groups is 2. The van der Waals surface area contributed by atoms with Crippen molar-refractivity contribution in [3.8, 4) is 11.3 Å². The van der Waals surface area contributed by atoms with Gasteiger partial charge >= 0.3 is 0 Å². The van der Waals surface area contributed by atoms with E-state index in [4.69, 9.17) is 0 Å². The second kappa shape index (κ2) is 6.76. The van der Waals surface area contributed by atoms with Crippen LogP contribution in [0.2, 0.25) is 0 Å². The predicted octanol–water partition coefficient (Wildman–Crippen LogP) is 3.60. The van der Waals surface area contributed by atoms with Crippen molar-refractivity contribution in [1.29, 1.82) is 0 Å². The topological polar surface area (TPSA) is 160 Å². The quantitative estimate of drug-likeness (QED) is 0.406. The molecule has 130 valence electrons. The Morgan fingerprint density at radius 1 is 0.846 bits per heavy atom. The van der Waals surface area contributed by atoms with Gasteiger partial charge in [0.05, 0.1) is 21.2 Å². The number of nitrogens with zero attached hydrogens (tertiary/aromatic N) is 4. The van der Waals surface area contributed by atoms with Crippen molar-refractivity contribution in [2.75, 3.05) is 0 Å². The molecule has 1 aromatic heterocycles. The first kappa shape index (κ1) is 16.7. The number of hydrogen-bond donors (Lipinski definition) is 2. The van der Waals surface area contributed by atoms with E-state index in [1.54, 1.807) is 0 Å². The van der Waals surface area contributed by atoms with Crippen LogP contribution in [0.4, 0.5) is 22.7 Å². The van der Waals surface area contributed by atoms with Gasteiger partial charge in [0, 0.05) is 29.8 Å². The summed E-state index contributed by atoms with van der Waals surface area (Å²) in [6.07, 6.45) is 0. The van der Waals surface area contributed by atoms with Gasteiger partial charge in [-0.15, -0.1) is 5.11 Å². The van der Waals surface area contributed by atoms with Crippen LogP contribution in [0.3, 0.4) is 0 Å². The molecule has 3 rings (SSSR count). The van der Waals surface area contributed by atoms with E-state index in [2.05, 4.69) is 20.4 Å². The molecule has 2 aromatic carbocycles. The van der Waals surface area contributed by atoms with Crippen molar-refractivity contribution in [3.05, 3.63) is 79.1 Å². The molecule has 26 heavy (non-hydrogen) atoms. The molecule has 0 atom stereocenters. The number of benzene rings is 2. The summed E-state index contributed by atoms with van der Waals surface area (Å²) in [5.41, 5.74) is 0.139. The Hall–Kier alpha value is -4.15. The highest BCUT2D eigenvalue weighted by Crippen LogP contribution is 2.28. The molecule has 0 saturated carbocycles. The summed E-state index contributed by atoms with van der Waals surface area (Å²) in [7, 11) is 0. The van der Waals surface area contributed by atoms with Gasteiger partial charge in [-0.05, 0) is 18.2 Å². The van der Waals surface area contributed by atoms with Gasteiger partial charge in [-0.2, -0.15) is 5.11 Å². The summed E-state index contributed by atoms with van der Waals surface area (Å²) in [6, 6.07) is 11.0. The molecule has 0 fully saturated rings. The summed E-state index contributed by atoms with van der Waals surface area (Å²) in [6.45, 7) is 0. The number of aromatic nitrogens is 2. The Morgan fingerprint density at radius 2 is 1.54 bits per heavy atom. The van der Waals surface area contributed by atoms with E-state index in [1.165, 1.54) is 48.5 Å². The number of nitro benzene ring substituents is 2. The average Bonchev–Trinajstić information content (AvgIpc) is 3.01. The summed E-state index contributed by atoms with van der Waals surface area (Å²) in [5.74, 6) is 0. The second-order valence-electron chi connectivity index (χ2n) is 5.08. The van der Waals surface area contributed by atoms with Gasteiger partial charge in [0.1, 0.15) is 0 Å². The second-order valence-corrected chi connectivity index (χ2v) is 5.08. The Bertz CT molecular complexity index is 1070. The summed E-state index contributed by atoms with van der Waals surface area (Å²) in [4.78, 5) is 32.3. The SMILES string of the molecule is O=c1[nH][nH]c(-c2ccc([N+](=O)[O-])cc2)c1N=Nc1cccc([N+](=O)[O-])c1. The first-order chi connectivity index (χ1) is 12.5. The van der Waals surface area contributed by atoms with Crippen molar-refractivity contribution in [3.63, 3.8) is 0 Å². The lowest BCUT2D eigenvalue weighted by molar-refractivity contribution is -0.385. The zero-order valence-electron chi connectivity index (χ0n) is 12.9. The zero-order chi connectivity index (χ0) is 18.7. The van der Waals surface area contributed by atoms with Gasteiger partial charge in [0.2, 0.25) is 0 Å². The lowest BCUT2D eigenvalue weighted by atomic mass is 10.1. The summed E-state index contributed by atoms with van der Waals surface area (Å²) >= 11 is 0. The maximum absolute atomic E-state index is 11.9. The van der Waals surface area contributed by atoms with E-state index in [0.29, 0.717) is 11.3 Å². The number of hydrogen-bond acceptors (Lipinski definition) is 7. The number of aromatic amines is 2. The van der Waals surface area contributed by atoms with Crippen LogP contribution in [0.25, 0.3) is 11.3 Å². The summed E-state index contributed by atoms with van der Waals surface area (Å²) < 4.78 is 0. The van der Waals surface area contributed by atoms with E-state index in [1.807, 2.05) is 0 Å². The van der Waals surface area contributed by atoms with Gasteiger partial charge in [-0.25, -0.2) is 0 Å². The molecule has 1 heterocycles. The van der Waals surface area contributed by atoms with Crippen molar-refractivity contribution < 1.29 is 9.85 Å². The Morgan fingerprint density at radius 3 is 2.19 bits per heavy atom. The van der Waals surface area contributed by atoms with Crippen molar-refractivity contribution in [2.45, 2.75) is 0 Å². The average molecular weight is 354 g/mol. The highest BCUT2D eigenvalue weighted by Gasteiger charge is 2.13. The molecule has 11 nitrogen and oxygen atoms in total. The first-order valence-corrected chi connectivity index (χ1v) is 7.17. The minimum Gasteiger partial charge on any atom is -0.295 e. The molecule has 0 bridgehead atoms. The van der Waals surface area contributed by atoms with Gasteiger partial charge in [0.15, 0.2) is 5.69 Å². The standard InChI is InChI=1S/C15H10N6O5/c22-15-14(18-16-10-2-1-3-12(8-10)21(25)26)13(17-19-15)9-4-6-11(7-5-9)20(23)24/h1-8H,(H2,17,19,22). The van der Waals surface area contributed by atoms with Crippen LogP contribution in [-0.2, 0) is 0 Å². The maximum atomic E-state index is 11.9. The molecular weight excluding hydrogens is 344 g/mol. The number of nitrogens with one attached hydrogen (secondary N) is 2. The normalized spacial score (nSPS) is 10.9. The Balaban J connectivity index is 1.95. The third kappa shape index (κ3) is 3.36. The molecule has 0 radical (unpaired) electrons. The largest absolute Gasteiger partial charge is 0.295 e. The molecule has 11 heteroatoms. The van der Waals surface area contributed by atoms with Gasteiger partial charge in [-0.1, -0.05) is 6.07 Å². The van der Waals surface area contributed by atoms with Crippen molar-refractivity contribution in [1.82, 2.24) is 10.2 Å². The highest BCUT2D eigenvalue weighted by atomic mass is 16.6. The van der Waals surface area contributed by atoms with Crippen LogP contribution >= 0.6 is 0 Å². The van der Waals surface area contributed by atoms with E-state index in [9.17, 15) is 25.0 Å². The maximum Gasteiger partial charge on any atom is 0.292 e. The lowest BCUT2D eigenvalue weighted by Crippen LogP contribution is -1.96. The third-order valence-electron chi connectivity index (χ3n) is 3.43. The van der Waals surface area contributed by atoms with Crippen LogP contribution in [0.1, 0.15) is 0 Å². The molecular formula is C15H10N6O5. The number of non-ortho nitro benzene ring substituents is 2. The molecule has 0 saturated heterocycles. The predicted molar refractivity (Wildman–Crippen MR) is 90.8 cm³/mol. The van der Waals surface area contributed by atoms with Gasteiger partial charge < -0.3 is 0 Å². The van der Waals surface area contributed by atoms with Crippen LogP contribution in [-0.4, -0.2) is 20.0 Å². The molecule has 0 spiro atoms. The molecule has 0 aliphatic carbocycles. The van der Waals surface area contributed by atoms with E-state index >= 15 is 0 Å². The van der Waals surface area contributed by atoms with Crippen molar-refractivity contribution >= 4 is 22.7 Å². The van der Waals surface area contributed by atoms with Crippen molar-refractivity contribution in [2.24, 2.45) is 10.2 Å². The molecule has 0 unspecified atom stereocenters. The van der Waals surface area contributed by atoms with Gasteiger partial charge in [-0.3, -0.25) is 35.2 Å². The number of azo groups is 1. The van der Waals surface area contributed by atoms with E-state index in [-0.39, 0.29) is 22.7 Å². The van der Waals surface area contributed by atoms with E-state index in [0.717, 1.165) is 0 Å². The Kier molecular flexibility index (Phi) is 4.34. The number of H-pyrrole nitrogens is 2. The van der Waals surface area contributed by atoms with Crippen LogP contribution in [0.5, 0.6) is 0 Å². The smallest absolute Gasteiger partial charge is 0.292 e. The zero-order valence-corrected chi connectivity index (χ0v) is 12.9. The monoisotopic (exact) mass is 354 g/mol. The highest BCUT2D eigenvalue weighted by molar-refractivity contribution is 5.71. The fourth-order valence-corrected chi connectivity index (χ4v) is 2.18. The lowest BCUT2D eigenvalue weighted by Gasteiger charge is -1.99. The van der Waals surface area contributed by atoms with Crippen LogP contribution < -0.4 is 5.56 Å². The molecule has 3 aromatic rings. The minimum atomic E-state index is -0.565. The van der Waals surface area contributed by atoms with E-state index < -0.39 is 15.4 Å². The van der Waals surface area contributed by atoms with Crippen LogP contribution in [0, 0.1) is 20.2 Å². The minimum absolute atomic E-state index is 0.0506. The fraction of sp³-hybridized carbons (Fsp3) is 0. The van der Waals surface area contributed by atoms with Crippen LogP contribution in [0.15, 0.2) is 63.6 Å².